The van der Waals surface area contributed by atoms with Crippen molar-refractivity contribution in [3.05, 3.63) is 75.4 Å². The minimum atomic E-state index is -0.767. The molecule has 32 heavy (non-hydrogen) atoms. The summed E-state index contributed by atoms with van der Waals surface area (Å²) in [6.07, 6.45) is 1.61. The molecule has 0 unspecified atom stereocenters. The molecular formula is C24H23NO6S. The number of aliphatic hydroxyl groups excluding tert-OH is 1. The molecule has 1 aliphatic rings. The average Bonchev–Trinajstić information content (AvgIpc) is 3.06. The van der Waals surface area contributed by atoms with Gasteiger partial charge in [-0.3, -0.25) is 4.79 Å². The molecule has 0 bridgehead atoms. The summed E-state index contributed by atoms with van der Waals surface area (Å²) in [7, 11) is 0. The lowest BCUT2D eigenvalue weighted by atomic mass is 10.1. The summed E-state index contributed by atoms with van der Waals surface area (Å²) in [6, 6.07) is 11.6. The van der Waals surface area contributed by atoms with Gasteiger partial charge in [-0.1, -0.05) is 35.5 Å². The summed E-state index contributed by atoms with van der Waals surface area (Å²) in [6.45, 7) is 5.83. The van der Waals surface area contributed by atoms with Crippen molar-refractivity contribution in [1.29, 1.82) is 0 Å². The zero-order valence-corrected chi connectivity index (χ0v) is 18.7. The number of thioether (sulfide) groups is 1. The molecule has 3 rings (SSSR count). The predicted octanol–water partition coefficient (Wildman–Crippen LogP) is 4.80. The molecule has 0 spiro atoms. The monoisotopic (exact) mass is 453 g/mol. The lowest BCUT2D eigenvalue weighted by Crippen LogP contribution is -2.14. The lowest BCUT2D eigenvalue weighted by molar-refractivity contribution is -0.138. The van der Waals surface area contributed by atoms with Crippen LogP contribution in [0.1, 0.15) is 35.3 Å². The first-order valence-corrected chi connectivity index (χ1v) is 10.8. The molecule has 2 aromatic rings. The molecule has 2 N–H and O–H groups in total. The smallest absolute Gasteiger partial charge is 0.344 e. The molecule has 7 nitrogen and oxygen atoms in total. The highest BCUT2D eigenvalue weighted by molar-refractivity contribution is 8.18. The van der Waals surface area contributed by atoms with E-state index in [1.54, 1.807) is 56.3 Å². The van der Waals surface area contributed by atoms with Crippen LogP contribution in [0.4, 0.5) is 0 Å². The van der Waals surface area contributed by atoms with Crippen LogP contribution in [0.5, 0.6) is 11.5 Å². The summed E-state index contributed by atoms with van der Waals surface area (Å²) in [5.74, 6) is -1.34. The van der Waals surface area contributed by atoms with Crippen molar-refractivity contribution in [3.8, 4) is 11.5 Å². The van der Waals surface area contributed by atoms with Gasteiger partial charge in [0.25, 0.3) is 5.91 Å². The molecule has 1 aliphatic heterocycles. The van der Waals surface area contributed by atoms with E-state index in [0.29, 0.717) is 28.4 Å². The SMILES string of the molecule is CCOC(=O)C1=C(O)/C(=C/c2ccc(O)c(OCC)c2)SC1=NC(=O)c1ccc(C)cc1. The largest absolute Gasteiger partial charge is 0.506 e. The first-order chi connectivity index (χ1) is 15.3. The molecule has 1 amide bonds. The van der Waals surface area contributed by atoms with E-state index in [2.05, 4.69) is 4.99 Å². The Morgan fingerprint density at radius 3 is 2.44 bits per heavy atom. The van der Waals surface area contributed by atoms with Gasteiger partial charge in [0.15, 0.2) is 11.5 Å². The highest BCUT2D eigenvalue weighted by Gasteiger charge is 2.34. The topological polar surface area (TPSA) is 105 Å². The molecule has 0 atom stereocenters. The zero-order chi connectivity index (χ0) is 23.3. The molecule has 166 valence electrons. The molecule has 8 heteroatoms. The van der Waals surface area contributed by atoms with Gasteiger partial charge in [0.2, 0.25) is 0 Å². The highest BCUT2D eigenvalue weighted by atomic mass is 32.2. The Morgan fingerprint density at radius 1 is 1.06 bits per heavy atom. The van der Waals surface area contributed by atoms with Crippen molar-refractivity contribution >= 4 is 34.8 Å². The van der Waals surface area contributed by atoms with E-state index in [1.165, 1.54) is 6.07 Å². The van der Waals surface area contributed by atoms with Crippen molar-refractivity contribution in [1.82, 2.24) is 0 Å². The van der Waals surface area contributed by atoms with E-state index in [4.69, 9.17) is 9.47 Å². The van der Waals surface area contributed by atoms with Crippen molar-refractivity contribution in [3.63, 3.8) is 0 Å². The molecule has 0 saturated carbocycles. The highest BCUT2D eigenvalue weighted by Crippen LogP contribution is 2.40. The quantitative estimate of drug-likeness (QED) is 0.605. The minimum absolute atomic E-state index is 0.00834. The standard InChI is InChI=1S/C24H23NO6S/c1-4-30-18-12-15(8-11-17(18)26)13-19-21(27)20(24(29)31-5-2)23(32-19)25-22(28)16-9-6-14(3)7-10-16/h6-13,26-27H,4-5H2,1-3H3/b19-13-,25-23?. The molecule has 0 aromatic heterocycles. The molecule has 0 radical (unpaired) electrons. The first-order valence-electron chi connectivity index (χ1n) is 10.00. The molecule has 0 fully saturated rings. The van der Waals surface area contributed by atoms with Crippen LogP contribution in [-0.2, 0) is 9.53 Å². The summed E-state index contributed by atoms with van der Waals surface area (Å²) < 4.78 is 10.4. The Bertz CT molecular complexity index is 1130. The molecule has 2 aromatic carbocycles. The number of nitrogens with zero attached hydrogens (tertiary/aromatic N) is 1. The molecule has 1 heterocycles. The fourth-order valence-electron chi connectivity index (χ4n) is 2.89. The Labute approximate surface area is 190 Å². The summed E-state index contributed by atoms with van der Waals surface area (Å²) in [5.41, 5.74) is 1.82. The number of carbonyl (C=O) groups excluding carboxylic acids is 2. The Morgan fingerprint density at radius 2 is 1.78 bits per heavy atom. The number of hydrogen-bond acceptors (Lipinski definition) is 7. The second-order valence-corrected chi connectivity index (χ2v) is 7.83. The number of ether oxygens (including phenoxy) is 2. The number of hydrogen-bond donors (Lipinski definition) is 2. The fraction of sp³-hybridized carbons (Fsp3) is 0.208. The number of rotatable bonds is 6. The normalized spacial score (nSPS) is 16.0. The van der Waals surface area contributed by atoms with Crippen molar-refractivity contribution < 1.29 is 29.3 Å². The third-order valence-electron chi connectivity index (χ3n) is 4.45. The van der Waals surface area contributed by atoms with Crippen LogP contribution in [0.2, 0.25) is 0 Å². The van der Waals surface area contributed by atoms with Crippen LogP contribution in [0.3, 0.4) is 0 Å². The van der Waals surface area contributed by atoms with E-state index >= 15 is 0 Å². The van der Waals surface area contributed by atoms with Crippen LogP contribution in [-0.4, -0.2) is 40.3 Å². The van der Waals surface area contributed by atoms with Crippen LogP contribution in [0.25, 0.3) is 6.08 Å². The minimum Gasteiger partial charge on any atom is -0.506 e. The molecule has 0 aliphatic carbocycles. The third-order valence-corrected chi connectivity index (χ3v) is 5.47. The van der Waals surface area contributed by atoms with Gasteiger partial charge in [-0.15, -0.1) is 0 Å². The number of aliphatic imine (C=N–C) groups is 1. The first kappa shape index (κ1) is 23.1. The third kappa shape index (κ3) is 5.20. The van der Waals surface area contributed by atoms with Gasteiger partial charge in [0.1, 0.15) is 16.4 Å². The molecule has 0 saturated heterocycles. The van der Waals surface area contributed by atoms with Crippen LogP contribution in [0.15, 0.2) is 63.7 Å². The number of carbonyl (C=O) groups is 2. The maximum Gasteiger partial charge on any atom is 0.344 e. The van der Waals surface area contributed by atoms with Gasteiger partial charge in [-0.05, 0) is 56.7 Å². The predicted molar refractivity (Wildman–Crippen MR) is 124 cm³/mol. The van der Waals surface area contributed by atoms with Gasteiger partial charge in [0.05, 0.1) is 18.1 Å². The number of phenolic OH excluding ortho intramolecular Hbond substituents is 1. The Hall–Kier alpha value is -3.52. The summed E-state index contributed by atoms with van der Waals surface area (Å²) in [5, 5.41) is 20.7. The second-order valence-electron chi connectivity index (χ2n) is 6.80. The van der Waals surface area contributed by atoms with Crippen molar-refractivity contribution in [2.45, 2.75) is 20.8 Å². The van der Waals surface area contributed by atoms with Gasteiger partial charge in [0, 0.05) is 5.56 Å². The number of esters is 1. The van der Waals surface area contributed by atoms with Gasteiger partial charge >= 0.3 is 5.97 Å². The van der Waals surface area contributed by atoms with E-state index in [1.807, 2.05) is 6.92 Å². The Balaban J connectivity index is 2.00. The lowest BCUT2D eigenvalue weighted by Gasteiger charge is -2.06. The number of aromatic hydroxyl groups is 1. The average molecular weight is 454 g/mol. The molecular weight excluding hydrogens is 430 g/mol. The van der Waals surface area contributed by atoms with Gasteiger partial charge in [-0.2, -0.15) is 0 Å². The van der Waals surface area contributed by atoms with Crippen LogP contribution in [0, 0.1) is 6.92 Å². The summed E-state index contributed by atoms with van der Waals surface area (Å²) >= 11 is 0.987. The summed E-state index contributed by atoms with van der Waals surface area (Å²) in [4.78, 5) is 29.5. The van der Waals surface area contributed by atoms with Crippen LogP contribution < -0.4 is 4.74 Å². The van der Waals surface area contributed by atoms with E-state index in [-0.39, 0.29) is 28.7 Å². The second kappa shape index (κ2) is 10.2. The fourth-order valence-corrected chi connectivity index (χ4v) is 3.90. The van der Waals surface area contributed by atoms with Gasteiger partial charge in [-0.25, -0.2) is 9.79 Å². The van der Waals surface area contributed by atoms with E-state index in [9.17, 15) is 19.8 Å². The number of aryl methyl sites for hydroxylation is 1. The van der Waals surface area contributed by atoms with Crippen LogP contribution >= 0.6 is 11.8 Å². The van der Waals surface area contributed by atoms with E-state index < -0.39 is 11.9 Å². The number of aliphatic hydroxyl groups is 1. The number of amides is 1. The van der Waals surface area contributed by atoms with Gasteiger partial charge < -0.3 is 19.7 Å². The van der Waals surface area contributed by atoms with Crippen molar-refractivity contribution in [2.24, 2.45) is 4.99 Å². The van der Waals surface area contributed by atoms with Crippen molar-refractivity contribution in [2.75, 3.05) is 13.2 Å². The Kier molecular flexibility index (Phi) is 7.37. The van der Waals surface area contributed by atoms with E-state index in [0.717, 1.165) is 17.3 Å². The maximum absolute atomic E-state index is 12.6. The zero-order valence-electron chi connectivity index (χ0n) is 17.9. The number of benzene rings is 2. The number of phenols is 1. The maximum atomic E-state index is 12.6.